The molecule has 0 aliphatic heterocycles. The van der Waals surface area contributed by atoms with Crippen LogP contribution < -0.4 is 0 Å². The molecule has 2 aromatic rings. The predicted octanol–water partition coefficient (Wildman–Crippen LogP) is 5.49. The highest BCUT2D eigenvalue weighted by molar-refractivity contribution is 9.10. The van der Waals surface area contributed by atoms with Crippen LogP contribution >= 0.6 is 15.9 Å². The van der Waals surface area contributed by atoms with Crippen molar-refractivity contribution in [2.45, 2.75) is 45.3 Å². The Morgan fingerprint density at radius 1 is 1.25 bits per heavy atom. The average Bonchev–Trinajstić information content (AvgIpc) is 2.70. The molecule has 0 radical (unpaired) electrons. The maximum Gasteiger partial charge on any atom is 0.191 e. The fourth-order valence-corrected chi connectivity index (χ4v) is 3.40. The van der Waals surface area contributed by atoms with Crippen molar-refractivity contribution < 1.29 is 4.43 Å². The molecule has 2 nitrogen and oxygen atoms in total. The van der Waals surface area contributed by atoms with Crippen LogP contribution in [-0.2, 0) is 10.8 Å². The van der Waals surface area contributed by atoms with E-state index in [2.05, 4.69) is 79.2 Å². The summed E-state index contributed by atoms with van der Waals surface area (Å²) in [5.41, 5.74) is 2.52. The normalized spacial score (nSPS) is 13.1. The van der Waals surface area contributed by atoms with Crippen LogP contribution in [0.25, 0.3) is 10.9 Å². The van der Waals surface area contributed by atoms with Crippen LogP contribution in [-0.4, -0.2) is 19.9 Å². The van der Waals surface area contributed by atoms with E-state index in [-0.39, 0.29) is 5.04 Å². The van der Waals surface area contributed by atoms with Crippen LogP contribution in [0, 0.1) is 0 Å². The SMILES string of the molecule is CC(C)(C)[Si](C)(C)OCCc1c[nH]c2ccc(Br)cc12. The molecule has 4 heteroatoms. The van der Waals surface area contributed by atoms with Gasteiger partial charge in [-0.05, 0) is 48.3 Å². The molecule has 0 bridgehead atoms. The van der Waals surface area contributed by atoms with Gasteiger partial charge in [0.25, 0.3) is 0 Å². The second-order valence-electron chi connectivity index (χ2n) is 6.86. The first-order chi connectivity index (χ1) is 9.21. The van der Waals surface area contributed by atoms with Gasteiger partial charge in [0.05, 0.1) is 0 Å². The molecule has 0 saturated carbocycles. The van der Waals surface area contributed by atoms with Crippen molar-refractivity contribution in [2.24, 2.45) is 0 Å². The Balaban J connectivity index is 2.05. The Morgan fingerprint density at radius 2 is 1.95 bits per heavy atom. The second-order valence-corrected chi connectivity index (χ2v) is 12.6. The summed E-state index contributed by atoms with van der Waals surface area (Å²) in [5, 5.41) is 1.56. The third-order valence-corrected chi connectivity index (χ3v) is 9.40. The zero-order valence-corrected chi connectivity index (χ0v) is 15.6. The van der Waals surface area contributed by atoms with Gasteiger partial charge in [0.15, 0.2) is 8.32 Å². The number of aromatic nitrogens is 1. The zero-order valence-electron chi connectivity index (χ0n) is 13.0. The van der Waals surface area contributed by atoms with Crippen molar-refractivity contribution in [3.05, 3.63) is 34.4 Å². The Hall–Kier alpha value is -0.583. The highest BCUT2D eigenvalue weighted by Crippen LogP contribution is 2.36. The van der Waals surface area contributed by atoms with Crippen molar-refractivity contribution in [1.29, 1.82) is 0 Å². The monoisotopic (exact) mass is 353 g/mol. The fourth-order valence-electron chi connectivity index (χ4n) is 1.99. The summed E-state index contributed by atoms with van der Waals surface area (Å²) in [6.07, 6.45) is 3.06. The van der Waals surface area contributed by atoms with Crippen molar-refractivity contribution >= 4 is 35.2 Å². The van der Waals surface area contributed by atoms with Gasteiger partial charge in [-0.15, -0.1) is 0 Å². The Bertz CT molecular complexity index is 598. The van der Waals surface area contributed by atoms with E-state index in [1.165, 1.54) is 16.5 Å². The molecule has 0 atom stereocenters. The van der Waals surface area contributed by atoms with E-state index in [9.17, 15) is 0 Å². The molecule has 110 valence electrons. The largest absolute Gasteiger partial charge is 0.416 e. The van der Waals surface area contributed by atoms with E-state index in [0.29, 0.717) is 0 Å². The molecule has 1 N–H and O–H groups in total. The van der Waals surface area contributed by atoms with Gasteiger partial charge in [-0.2, -0.15) is 0 Å². The lowest BCUT2D eigenvalue weighted by Gasteiger charge is -2.36. The molecule has 1 heterocycles. The third-order valence-electron chi connectivity index (χ3n) is 4.37. The molecular formula is C16H24BrNOSi. The molecular weight excluding hydrogens is 330 g/mol. The van der Waals surface area contributed by atoms with E-state index >= 15 is 0 Å². The molecule has 0 unspecified atom stereocenters. The lowest BCUT2D eigenvalue weighted by atomic mass is 10.1. The van der Waals surface area contributed by atoms with Crippen LogP contribution in [0.4, 0.5) is 0 Å². The minimum Gasteiger partial charge on any atom is -0.416 e. The van der Waals surface area contributed by atoms with Gasteiger partial charge < -0.3 is 9.41 Å². The maximum absolute atomic E-state index is 6.26. The van der Waals surface area contributed by atoms with Gasteiger partial charge >= 0.3 is 0 Å². The van der Waals surface area contributed by atoms with Gasteiger partial charge in [-0.3, -0.25) is 0 Å². The van der Waals surface area contributed by atoms with Gasteiger partial charge in [0.1, 0.15) is 0 Å². The van der Waals surface area contributed by atoms with Gasteiger partial charge in [0, 0.05) is 28.2 Å². The molecule has 0 fully saturated rings. The number of aromatic amines is 1. The molecule has 0 aliphatic rings. The summed E-state index contributed by atoms with van der Waals surface area (Å²) in [5.74, 6) is 0. The van der Waals surface area contributed by atoms with Crippen LogP contribution in [0.3, 0.4) is 0 Å². The Labute approximate surface area is 131 Å². The first kappa shape index (κ1) is 15.8. The quantitative estimate of drug-likeness (QED) is 0.721. The summed E-state index contributed by atoms with van der Waals surface area (Å²) in [6, 6.07) is 6.35. The average molecular weight is 354 g/mol. The van der Waals surface area contributed by atoms with E-state index in [1.54, 1.807) is 0 Å². The van der Waals surface area contributed by atoms with Gasteiger partial charge in [0.2, 0.25) is 0 Å². The number of benzene rings is 1. The molecule has 0 aliphatic carbocycles. The van der Waals surface area contributed by atoms with Gasteiger partial charge in [-0.25, -0.2) is 0 Å². The number of halogens is 1. The molecule has 1 aromatic carbocycles. The summed E-state index contributed by atoms with van der Waals surface area (Å²) in [4.78, 5) is 3.33. The summed E-state index contributed by atoms with van der Waals surface area (Å²) in [7, 11) is -1.64. The first-order valence-corrected chi connectivity index (χ1v) is 10.8. The predicted molar refractivity (Wildman–Crippen MR) is 92.9 cm³/mol. The molecule has 0 amide bonds. The van der Waals surface area contributed by atoms with E-state index < -0.39 is 8.32 Å². The zero-order chi connectivity index (χ0) is 15.0. The van der Waals surface area contributed by atoms with Crippen LogP contribution in [0.2, 0.25) is 18.1 Å². The van der Waals surface area contributed by atoms with Crippen molar-refractivity contribution in [2.75, 3.05) is 6.61 Å². The molecule has 0 spiro atoms. The fraction of sp³-hybridized carbons (Fsp3) is 0.500. The van der Waals surface area contributed by atoms with Gasteiger partial charge in [-0.1, -0.05) is 36.7 Å². The van der Waals surface area contributed by atoms with Crippen LogP contribution in [0.5, 0.6) is 0 Å². The highest BCUT2D eigenvalue weighted by Gasteiger charge is 2.36. The lowest BCUT2D eigenvalue weighted by Crippen LogP contribution is -2.41. The molecule has 20 heavy (non-hydrogen) atoms. The Morgan fingerprint density at radius 3 is 2.60 bits per heavy atom. The number of H-pyrrole nitrogens is 1. The van der Waals surface area contributed by atoms with Crippen molar-refractivity contribution in [3.8, 4) is 0 Å². The second kappa shape index (κ2) is 5.66. The number of hydrogen-bond acceptors (Lipinski definition) is 1. The maximum atomic E-state index is 6.26. The van der Waals surface area contributed by atoms with E-state index in [4.69, 9.17) is 4.43 Å². The topological polar surface area (TPSA) is 25.0 Å². The summed E-state index contributed by atoms with van der Waals surface area (Å²) in [6.45, 7) is 12.2. The molecule has 2 rings (SSSR count). The smallest absolute Gasteiger partial charge is 0.191 e. The van der Waals surface area contributed by atoms with Crippen molar-refractivity contribution in [1.82, 2.24) is 4.98 Å². The summed E-state index contributed by atoms with van der Waals surface area (Å²) < 4.78 is 7.38. The Kier molecular flexibility index (Phi) is 4.47. The third kappa shape index (κ3) is 3.35. The van der Waals surface area contributed by atoms with Crippen LogP contribution in [0.1, 0.15) is 26.3 Å². The van der Waals surface area contributed by atoms with Crippen molar-refractivity contribution in [3.63, 3.8) is 0 Å². The van der Waals surface area contributed by atoms with Crippen LogP contribution in [0.15, 0.2) is 28.9 Å². The number of fused-ring (bicyclic) bond motifs is 1. The minimum absolute atomic E-state index is 0.274. The highest BCUT2D eigenvalue weighted by atomic mass is 79.9. The lowest BCUT2D eigenvalue weighted by molar-refractivity contribution is 0.292. The standard InChI is InChI=1S/C16H24BrNOSi/c1-16(2,3)20(4,5)19-9-8-12-11-18-15-7-6-13(17)10-14(12)15/h6-7,10-11,18H,8-9H2,1-5H3. The number of rotatable bonds is 4. The first-order valence-electron chi connectivity index (χ1n) is 7.10. The summed E-state index contributed by atoms with van der Waals surface area (Å²) >= 11 is 3.54. The molecule has 0 saturated heterocycles. The molecule has 1 aromatic heterocycles. The number of nitrogens with one attached hydrogen (secondary N) is 1. The van der Waals surface area contributed by atoms with E-state index in [0.717, 1.165) is 17.5 Å². The number of hydrogen-bond donors (Lipinski definition) is 1. The minimum atomic E-state index is -1.64. The van der Waals surface area contributed by atoms with E-state index in [1.807, 2.05) is 0 Å².